The smallest absolute Gasteiger partial charge is 0.408 e. The van der Waals surface area contributed by atoms with E-state index in [9.17, 15) is 9.59 Å². The molecule has 2 heterocycles. The maximum absolute atomic E-state index is 13.2. The van der Waals surface area contributed by atoms with Crippen LogP contribution in [-0.2, 0) is 20.7 Å². The lowest BCUT2D eigenvalue weighted by molar-refractivity contribution is -0.919. The monoisotopic (exact) mass is 686 g/mol. The third kappa shape index (κ3) is 11.3. The minimum Gasteiger partial charge on any atom is -1.00 e. The number of carbonyl (C=O) groups excluding carboxylic acids is 2. The van der Waals surface area contributed by atoms with Crippen molar-refractivity contribution in [2.45, 2.75) is 77.9 Å². The number of unbranched alkanes of at least 4 members (excludes halogenated alkanes) is 3. The van der Waals surface area contributed by atoms with Crippen LogP contribution in [0.4, 0.5) is 4.79 Å². The van der Waals surface area contributed by atoms with Crippen LogP contribution in [0.3, 0.4) is 0 Å². The molecule has 0 aliphatic carbocycles. The first-order valence-electron chi connectivity index (χ1n) is 13.8. The average Bonchev–Trinajstić information content (AvgIpc) is 3.35. The van der Waals surface area contributed by atoms with Gasteiger partial charge in [-0.3, -0.25) is 4.48 Å². The van der Waals surface area contributed by atoms with Gasteiger partial charge in [-0.2, -0.15) is 4.37 Å². The number of hydrogen-bond acceptors (Lipinski definition) is 8. The van der Waals surface area contributed by atoms with Crippen molar-refractivity contribution in [3.8, 4) is 5.88 Å². The molecule has 1 amide bonds. The van der Waals surface area contributed by atoms with Gasteiger partial charge in [-0.15, -0.1) is 4.37 Å². The van der Waals surface area contributed by atoms with Crippen LogP contribution < -0.4 is 34.0 Å². The molecule has 2 atom stereocenters. The number of quaternary nitrogens is 1. The quantitative estimate of drug-likeness (QED) is 0.150. The van der Waals surface area contributed by atoms with Crippen LogP contribution in [0, 0.1) is 0 Å². The average molecular weight is 687 g/mol. The molecular weight excluding hydrogens is 643 g/mol. The molecule has 1 N–H and O–H groups in total. The standard InChI is InChI=1S/C29H42N4O5S.HI/c1-6-7-8-12-18-36-26-25(31-39-32-26)23-16-13-17-33(5,20-23)21-37-27(34)24(19-22-14-10-9-11-15-22)30-28(35)38-29(2,3)4;/h9-11,14-16,24H,6-8,12-13,17-21H2,1-5H3;1H/t24-,33?;/m0./s1. The summed E-state index contributed by atoms with van der Waals surface area (Å²) < 4.78 is 26.5. The van der Waals surface area contributed by atoms with Gasteiger partial charge in [0.25, 0.3) is 5.88 Å². The van der Waals surface area contributed by atoms with Crippen molar-refractivity contribution >= 4 is 29.4 Å². The zero-order valence-corrected chi connectivity index (χ0v) is 27.3. The van der Waals surface area contributed by atoms with E-state index in [1.165, 1.54) is 12.8 Å². The molecule has 0 saturated heterocycles. The highest BCUT2D eigenvalue weighted by Gasteiger charge is 2.33. The number of hydrogen-bond donors (Lipinski definition) is 1. The lowest BCUT2D eigenvalue weighted by Gasteiger charge is -2.36. The summed E-state index contributed by atoms with van der Waals surface area (Å²) in [6.45, 7) is 9.77. The number of ether oxygens (including phenoxy) is 3. The van der Waals surface area contributed by atoms with Crippen molar-refractivity contribution in [1.82, 2.24) is 14.1 Å². The predicted molar refractivity (Wildman–Crippen MR) is 152 cm³/mol. The fraction of sp³-hybridized carbons (Fsp3) is 0.586. The summed E-state index contributed by atoms with van der Waals surface area (Å²) in [6.07, 6.45) is 7.16. The first-order chi connectivity index (χ1) is 18.6. The van der Waals surface area contributed by atoms with Crippen LogP contribution in [0.2, 0.25) is 0 Å². The number of nitrogens with one attached hydrogen (secondary N) is 1. The van der Waals surface area contributed by atoms with Crippen molar-refractivity contribution in [1.29, 1.82) is 0 Å². The van der Waals surface area contributed by atoms with Crippen molar-refractivity contribution in [2.75, 3.05) is 33.5 Å². The number of aromatic nitrogens is 2. The summed E-state index contributed by atoms with van der Waals surface area (Å²) in [6, 6.07) is 8.66. The van der Waals surface area contributed by atoms with Crippen LogP contribution in [0.25, 0.3) is 5.57 Å². The van der Waals surface area contributed by atoms with E-state index >= 15 is 0 Å². The normalized spacial score (nSPS) is 17.7. The van der Waals surface area contributed by atoms with Crippen molar-refractivity contribution in [3.63, 3.8) is 0 Å². The van der Waals surface area contributed by atoms with Crippen molar-refractivity contribution < 1.29 is 52.3 Å². The molecule has 0 saturated carbocycles. The highest BCUT2D eigenvalue weighted by Crippen LogP contribution is 2.30. The summed E-state index contributed by atoms with van der Waals surface area (Å²) in [5.74, 6) is 0.0873. The number of rotatable bonds is 13. The van der Waals surface area contributed by atoms with Crippen molar-refractivity contribution in [2.24, 2.45) is 0 Å². The Labute approximate surface area is 259 Å². The van der Waals surface area contributed by atoms with Gasteiger partial charge in [-0.05, 0) is 32.8 Å². The lowest BCUT2D eigenvalue weighted by atomic mass is 10.1. The third-order valence-corrected chi connectivity index (χ3v) is 6.90. The van der Waals surface area contributed by atoms with Crippen LogP contribution in [0.5, 0.6) is 5.88 Å². The second-order valence-electron chi connectivity index (χ2n) is 11.3. The van der Waals surface area contributed by atoms with E-state index in [4.69, 9.17) is 14.2 Å². The number of likely N-dealkylation sites (N-methyl/N-ethyl adjacent to an activating group) is 1. The minimum absolute atomic E-state index is 0. The maximum atomic E-state index is 13.2. The molecule has 40 heavy (non-hydrogen) atoms. The maximum Gasteiger partial charge on any atom is 0.408 e. The highest BCUT2D eigenvalue weighted by atomic mass is 127. The first kappa shape index (κ1) is 34.0. The Morgan fingerprint density at radius 2 is 1.88 bits per heavy atom. The molecule has 1 aromatic carbocycles. The van der Waals surface area contributed by atoms with E-state index in [0.29, 0.717) is 29.9 Å². The largest absolute Gasteiger partial charge is 1.00 e. The fourth-order valence-corrected chi connectivity index (χ4v) is 4.90. The molecule has 222 valence electrons. The van der Waals surface area contributed by atoms with E-state index in [0.717, 1.165) is 54.4 Å². The van der Waals surface area contributed by atoms with E-state index in [2.05, 4.69) is 34.1 Å². The van der Waals surface area contributed by atoms with Crippen molar-refractivity contribution in [3.05, 3.63) is 47.7 Å². The number of halogens is 1. The number of benzene rings is 1. The Balaban J connectivity index is 0.00000560. The topological polar surface area (TPSA) is 99.6 Å². The van der Waals surface area contributed by atoms with Gasteiger partial charge in [0.2, 0.25) is 6.73 Å². The number of alkyl carbamates (subject to hydrolysis) is 1. The SMILES string of the molecule is CCCCCCOc1nsnc1C1=CCC[N+](C)(COC(=O)[C@H](Cc2ccccc2)NC(=O)OC(C)(C)C)C1.[I-]. The third-order valence-electron chi connectivity index (χ3n) is 6.39. The van der Waals surface area contributed by atoms with Gasteiger partial charge in [-0.1, -0.05) is 62.6 Å². The van der Waals surface area contributed by atoms with E-state index in [-0.39, 0.29) is 30.7 Å². The van der Waals surface area contributed by atoms with Gasteiger partial charge in [0, 0.05) is 18.4 Å². The Hall–Kier alpha value is -2.25. The number of carbonyl (C=O) groups is 2. The lowest BCUT2D eigenvalue weighted by Crippen LogP contribution is -3.00. The highest BCUT2D eigenvalue weighted by molar-refractivity contribution is 6.99. The first-order valence-corrected chi connectivity index (χ1v) is 14.5. The van der Waals surface area contributed by atoms with E-state index < -0.39 is 23.7 Å². The Morgan fingerprint density at radius 1 is 1.12 bits per heavy atom. The van der Waals surface area contributed by atoms with E-state index in [1.54, 1.807) is 20.8 Å². The molecule has 0 bridgehead atoms. The summed E-state index contributed by atoms with van der Waals surface area (Å²) in [7, 11) is 2.05. The molecule has 1 aliphatic rings. The Kier molecular flexibility index (Phi) is 13.8. The molecule has 0 spiro atoms. The molecule has 1 unspecified atom stereocenters. The second kappa shape index (κ2) is 16.3. The molecule has 9 nitrogen and oxygen atoms in total. The summed E-state index contributed by atoms with van der Waals surface area (Å²) in [4.78, 5) is 25.7. The summed E-state index contributed by atoms with van der Waals surface area (Å²) >= 11 is 1.15. The fourth-order valence-electron chi connectivity index (χ4n) is 4.37. The number of amides is 1. The predicted octanol–water partition coefficient (Wildman–Crippen LogP) is 2.37. The second-order valence-corrected chi connectivity index (χ2v) is 11.9. The van der Waals surface area contributed by atoms with Gasteiger partial charge < -0.3 is 43.5 Å². The van der Waals surface area contributed by atoms with Crippen LogP contribution in [0.1, 0.15) is 71.1 Å². The minimum atomic E-state index is -0.871. The molecule has 1 aliphatic heterocycles. The van der Waals surface area contributed by atoms with Crippen LogP contribution in [0.15, 0.2) is 36.4 Å². The van der Waals surface area contributed by atoms with Crippen LogP contribution in [-0.4, -0.2) is 70.4 Å². The van der Waals surface area contributed by atoms with E-state index in [1.807, 2.05) is 30.3 Å². The zero-order chi connectivity index (χ0) is 28.3. The molecule has 1 aromatic heterocycles. The van der Waals surface area contributed by atoms with Gasteiger partial charge in [0.05, 0.1) is 31.9 Å². The van der Waals surface area contributed by atoms with Gasteiger partial charge in [0.15, 0.2) is 0 Å². The molecule has 3 rings (SSSR count). The van der Waals surface area contributed by atoms with Gasteiger partial charge in [0.1, 0.15) is 23.9 Å². The zero-order valence-electron chi connectivity index (χ0n) is 24.3. The number of nitrogens with zero attached hydrogens (tertiary/aromatic N) is 3. The molecule has 0 fully saturated rings. The van der Waals surface area contributed by atoms with Gasteiger partial charge in [-0.25, -0.2) is 9.59 Å². The molecule has 11 heteroatoms. The molecular formula is C29H43IN4O5S. The number of esters is 1. The Morgan fingerprint density at radius 3 is 2.58 bits per heavy atom. The molecule has 2 aromatic rings. The Bertz CT molecular complexity index is 1110. The summed E-state index contributed by atoms with van der Waals surface area (Å²) in [5.41, 5.74) is 2.06. The van der Waals surface area contributed by atoms with Crippen LogP contribution >= 0.6 is 11.7 Å². The molecule has 0 radical (unpaired) electrons. The summed E-state index contributed by atoms with van der Waals surface area (Å²) in [5, 5.41) is 2.71. The van der Waals surface area contributed by atoms with Gasteiger partial charge >= 0.3 is 12.1 Å².